The fraction of sp³-hybridized carbons (Fsp3) is 0.611. The minimum absolute atomic E-state index is 0.0936. The van der Waals surface area contributed by atoms with E-state index >= 15 is 0 Å². The summed E-state index contributed by atoms with van der Waals surface area (Å²) in [5, 5.41) is 3.00. The summed E-state index contributed by atoms with van der Waals surface area (Å²) in [6.07, 6.45) is 3.07. The van der Waals surface area contributed by atoms with Crippen molar-refractivity contribution in [2.24, 2.45) is 5.92 Å². The average molecular weight is 306 g/mol. The Balaban J connectivity index is 1.75. The first-order valence-electron chi connectivity index (χ1n) is 8.10. The normalized spacial score (nSPS) is 17.5. The summed E-state index contributed by atoms with van der Waals surface area (Å²) in [5.74, 6) is 0.522. The molecule has 1 aromatic rings. The van der Waals surface area contributed by atoms with Gasteiger partial charge in [0.15, 0.2) is 0 Å². The SMILES string of the molecule is CC(C)(C)NC(=O)CN1CCC(Cc2cccc(F)c2)CC1. The molecule has 0 radical (unpaired) electrons. The molecule has 22 heavy (non-hydrogen) atoms. The highest BCUT2D eigenvalue weighted by Crippen LogP contribution is 2.21. The molecule has 1 fully saturated rings. The van der Waals surface area contributed by atoms with Gasteiger partial charge in [-0.25, -0.2) is 4.39 Å². The molecule has 1 N–H and O–H groups in total. The monoisotopic (exact) mass is 306 g/mol. The maximum Gasteiger partial charge on any atom is 0.234 e. The topological polar surface area (TPSA) is 32.3 Å². The van der Waals surface area contributed by atoms with Gasteiger partial charge in [0.1, 0.15) is 5.82 Å². The number of likely N-dealkylation sites (tertiary alicyclic amines) is 1. The number of benzene rings is 1. The third-order valence-electron chi connectivity index (χ3n) is 4.00. The Morgan fingerprint density at radius 2 is 2.00 bits per heavy atom. The summed E-state index contributed by atoms with van der Waals surface area (Å²) in [4.78, 5) is 14.2. The number of rotatable bonds is 4. The Kier molecular flexibility index (Phi) is 5.57. The van der Waals surface area contributed by atoms with Crippen LogP contribution in [-0.4, -0.2) is 36.0 Å². The van der Waals surface area contributed by atoms with Gasteiger partial charge in [0.2, 0.25) is 5.91 Å². The fourth-order valence-corrected chi connectivity index (χ4v) is 3.01. The van der Waals surface area contributed by atoms with Crippen LogP contribution >= 0.6 is 0 Å². The molecule has 0 bridgehead atoms. The number of carbonyl (C=O) groups excluding carboxylic acids is 1. The molecule has 1 aliphatic heterocycles. The van der Waals surface area contributed by atoms with E-state index < -0.39 is 0 Å². The third kappa shape index (κ3) is 5.76. The van der Waals surface area contributed by atoms with Crippen molar-refractivity contribution in [2.45, 2.75) is 45.6 Å². The van der Waals surface area contributed by atoms with E-state index in [4.69, 9.17) is 0 Å². The van der Waals surface area contributed by atoms with Crippen molar-refractivity contribution in [1.29, 1.82) is 0 Å². The molecule has 0 aromatic heterocycles. The Morgan fingerprint density at radius 1 is 1.32 bits per heavy atom. The van der Waals surface area contributed by atoms with E-state index in [1.807, 2.05) is 26.8 Å². The minimum atomic E-state index is -0.174. The molecule has 0 spiro atoms. The van der Waals surface area contributed by atoms with E-state index in [-0.39, 0.29) is 17.3 Å². The molecule has 122 valence electrons. The number of hydrogen-bond donors (Lipinski definition) is 1. The lowest BCUT2D eigenvalue weighted by molar-refractivity contribution is -0.124. The first-order valence-corrected chi connectivity index (χ1v) is 8.10. The van der Waals surface area contributed by atoms with Crippen LogP contribution in [0.15, 0.2) is 24.3 Å². The average Bonchev–Trinajstić information content (AvgIpc) is 2.39. The molecule has 1 amide bonds. The zero-order chi connectivity index (χ0) is 16.2. The standard InChI is InChI=1S/C18H27FN2O/c1-18(2,3)20-17(22)13-21-9-7-14(8-10-21)11-15-5-4-6-16(19)12-15/h4-6,12,14H,7-11,13H2,1-3H3,(H,20,22). The molecule has 3 nitrogen and oxygen atoms in total. The molecule has 0 unspecified atom stereocenters. The van der Waals surface area contributed by atoms with Gasteiger partial charge in [-0.15, -0.1) is 0 Å². The summed E-state index contributed by atoms with van der Waals surface area (Å²) >= 11 is 0. The van der Waals surface area contributed by atoms with Crippen molar-refractivity contribution in [3.05, 3.63) is 35.6 Å². The van der Waals surface area contributed by atoms with Gasteiger partial charge < -0.3 is 5.32 Å². The van der Waals surface area contributed by atoms with Crippen LogP contribution in [0.4, 0.5) is 4.39 Å². The van der Waals surface area contributed by atoms with Crippen molar-refractivity contribution in [1.82, 2.24) is 10.2 Å². The highest BCUT2D eigenvalue weighted by molar-refractivity contribution is 5.78. The molecule has 0 aliphatic carbocycles. The van der Waals surface area contributed by atoms with Crippen molar-refractivity contribution in [2.75, 3.05) is 19.6 Å². The van der Waals surface area contributed by atoms with Crippen LogP contribution in [0, 0.1) is 11.7 Å². The van der Waals surface area contributed by atoms with Crippen LogP contribution in [0.1, 0.15) is 39.2 Å². The van der Waals surface area contributed by atoms with Gasteiger partial charge in [0.05, 0.1) is 6.54 Å². The Bertz CT molecular complexity index is 502. The quantitative estimate of drug-likeness (QED) is 0.927. The van der Waals surface area contributed by atoms with E-state index in [0.717, 1.165) is 37.9 Å². The van der Waals surface area contributed by atoms with Gasteiger partial charge in [-0.1, -0.05) is 12.1 Å². The lowest BCUT2D eigenvalue weighted by atomic mass is 9.90. The molecule has 1 saturated heterocycles. The highest BCUT2D eigenvalue weighted by atomic mass is 19.1. The lowest BCUT2D eigenvalue weighted by Crippen LogP contribution is -2.47. The van der Waals surface area contributed by atoms with Crippen LogP contribution in [0.25, 0.3) is 0 Å². The zero-order valence-electron chi connectivity index (χ0n) is 13.9. The molecular formula is C18H27FN2O. The number of nitrogens with one attached hydrogen (secondary N) is 1. The summed E-state index contributed by atoms with van der Waals surface area (Å²) in [6.45, 7) is 8.35. The maximum atomic E-state index is 13.2. The molecule has 1 heterocycles. The van der Waals surface area contributed by atoms with Crippen LogP contribution in [0.5, 0.6) is 0 Å². The smallest absolute Gasteiger partial charge is 0.234 e. The van der Waals surface area contributed by atoms with Crippen molar-refractivity contribution in [3.63, 3.8) is 0 Å². The summed E-state index contributed by atoms with van der Waals surface area (Å²) in [5.41, 5.74) is 0.899. The van der Waals surface area contributed by atoms with Gasteiger partial charge in [-0.2, -0.15) is 0 Å². The Labute approximate surface area is 132 Å². The summed E-state index contributed by atoms with van der Waals surface area (Å²) in [6, 6.07) is 6.88. The molecule has 2 rings (SSSR count). The minimum Gasteiger partial charge on any atom is -0.350 e. The molecule has 1 aromatic carbocycles. The summed E-state index contributed by atoms with van der Waals surface area (Å²) in [7, 11) is 0. The lowest BCUT2D eigenvalue weighted by Gasteiger charge is -2.32. The number of halogens is 1. The molecule has 0 atom stereocenters. The summed E-state index contributed by atoms with van der Waals surface area (Å²) < 4.78 is 13.2. The molecule has 4 heteroatoms. The van der Waals surface area contributed by atoms with E-state index in [0.29, 0.717) is 12.5 Å². The van der Waals surface area contributed by atoms with Crippen LogP contribution in [0.3, 0.4) is 0 Å². The van der Waals surface area contributed by atoms with Gasteiger partial charge >= 0.3 is 0 Å². The second kappa shape index (κ2) is 7.23. The number of nitrogens with zero attached hydrogens (tertiary/aromatic N) is 1. The van der Waals surface area contributed by atoms with Gasteiger partial charge in [-0.05, 0) is 76.7 Å². The van der Waals surface area contributed by atoms with Crippen molar-refractivity contribution < 1.29 is 9.18 Å². The van der Waals surface area contributed by atoms with Crippen molar-refractivity contribution >= 4 is 5.91 Å². The van der Waals surface area contributed by atoms with E-state index in [2.05, 4.69) is 10.2 Å². The molecule has 0 saturated carbocycles. The number of carbonyl (C=O) groups is 1. The fourth-order valence-electron chi connectivity index (χ4n) is 3.01. The second-order valence-corrected chi connectivity index (χ2v) is 7.35. The predicted molar refractivity (Wildman–Crippen MR) is 87.2 cm³/mol. The van der Waals surface area contributed by atoms with Gasteiger partial charge in [0.25, 0.3) is 0 Å². The first kappa shape index (κ1) is 16.9. The van der Waals surface area contributed by atoms with Crippen molar-refractivity contribution in [3.8, 4) is 0 Å². The number of piperidine rings is 1. The highest BCUT2D eigenvalue weighted by Gasteiger charge is 2.22. The van der Waals surface area contributed by atoms with Crippen LogP contribution in [0.2, 0.25) is 0 Å². The largest absolute Gasteiger partial charge is 0.350 e. The Morgan fingerprint density at radius 3 is 2.59 bits per heavy atom. The maximum absolute atomic E-state index is 13.2. The van der Waals surface area contributed by atoms with Gasteiger partial charge in [0, 0.05) is 5.54 Å². The third-order valence-corrected chi connectivity index (χ3v) is 4.00. The van der Waals surface area contributed by atoms with Crippen LogP contribution in [-0.2, 0) is 11.2 Å². The van der Waals surface area contributed by atoms with E-state index in [1.54, 1.807) is 12.1 Å². The molecule has 1 aliphatic rings. The van der Waals surface area contributed by atoms with Crippen LogP contribution < -0.4 is 5.32 Å². The van der Waals surface area contributed by atoms with Gasteiger partial charge in [-0.3, -0.25) is 9.69 Å². The number of hydrogen-bond acceptors (Lipinski definition) is 2. The molecular weight excluding hydrogens is 279 g/mol. The Hall–Kier alpha value is -1.42. The zero-order valence-corrected chi connectivity index (χ0v) is 13.9. The van der Waals surface area contributed by atoms with E-state index in [9.17, 15) is 9.18 Å². The number of amides is 1. The van der Waals surface area contributed by atoms with E-state index in [1.165, 1.54) is 6.07 Å². The second-order valence-electron chi connectivity index (χ2n) is 7.35. The first-order chi connectivity index (χ1) is 10.3. The predicted octanol–water partition coefficient (Wildman–Crippen LogP) is 2.99.